The van der Waals surface area contributed by atoms with Crippen LogP contribution in [0.3, 0.4) is 0 Å². The van der Waals surface area contributed by atoms with Crippen LogP contribution in [0.25, 0.3) is 0 Å². The molecular formula is C16H15N3O. The van der Waals surface area contributed by atoms with E-state index in [1.165, 1.54) is 12.3 Å². The van der Waals surface area contributed by atoms with Crippen LogP contribution in [0.2, 0.25) is 0 Å². The van der Waals surface area contributed by atoms with Gasteiger partial charge in [0.25, 0.3) is 5.91 Å². The zero-order valence-corrected chi connectivity index (χ0v) is 11.5. The van der Waals surface area contributed by atoms with Crippen molar-refractivity contribution in [3.8, 4) is 6.07 Å². The molecular weight excluding hydrogens is 250 g/mol. The Morgan fingerprint density at radius 3 is 2.80 bits per heavy atom. The predicted octanol–water partition coefficient (Wildman–Crippen LogP) is 2.53. The van der Waals surface area contributed by atoms with E-state index in [-0.39, 0.29) is 11.6 Å². The number of rotatable bonds is 3. The van der Waals surface area contributed by atoms with Gasteiger partial charge in [0.05, 0.1) is 0 Å². The number of aryl methyl sites for hydroxylation is 1. The van der Waals surface area contributed by atoms with Crippen molar-refractivity contribution in [2.45, 2.75) is 13.5 Å². The van der Waals surface area contributed by atoms with E-state index in [4.69, 9.17) is 5.26 Å². The van der Waals surface area contributed by atoms with Crippen molar-refractivity contribution in [1.29, 1.82) is 5.26 Å². The summed E-state index contributed by atoms with van der Waals surface area (Å²) in [5.41, 5.74) is 2.99. The molecule has 0 unspecified atom stereocenters. The van der Waals surface area contributed by atoms with Gasteiger partial charge >= 0.3 is 0 Å². The van der Waals surface area contributed by atoms with E-state index in [2.05, 4.69) is 4.98 Å². The average Bonchev–Trinajstić information content (AvgIpc) is 2.48. The molecule has 2 aromatic rings. The SMILES string of the molecule is Cc1ccccc1CN(C)C(=O)c1ccnc(C#N)c1. The van der Waals surface area contributed by atoms with Crippen molar-refractivity contribution in [2.24, 2.45) is 0 Å². The second-order valence-electron chi connectivity index (χ2n) is 4.63. The number of benzene rings is 1. The summed E-state index contributed by atoms with van der Waals surface area (Å²) in [4.78, 5) is 17.8. The number of amides is 1. The highest BCUT2D eigenvalue weighted by Gasteiger charge is 2.13. The molecule has 1 aromatic carbocycles. The lowest BCUT2D eigenvalue weighted by Crippen LogP contribution is -2.26. The van der Waals surface area contributed by atoms with Crippen molar-refractivity contribution < 1.29 is 4.79 Å². The molecule has 0 aliphatic heterocycles. The molecule has 0 saturated heterocycles. The molecule has 0 atom stereocenters. The monoisotopic (exact) mass is 265 g/mol. The van der Waals surface area contributed by atoms with Gasteiger partial charge in [0.2, 0.25) is 0 Å². The van der Waals surface area contributed by atoms with Gasteiger partial charge in [-0.2, -0.15) is 5.26 Å². The van der Waals surface area contributed by atoms with Crippen LogP contribution in [0.1, 0.15) is 27.2 Å². The van der Waals surface area contributed by atoms with Gasteiger partial charge in [-0.05, 0) is 30.2 Å². The minimum absolute atomic E-state index is 0.118. The molecule has 0 aliphatic carbocycles. The second-order valence-corrected chi connectivity index (χ2v) is 4.63. The Hall–Kier alpha value is -2.67. The van der Waals surface area contributed by atoms with Crippen LogP contribution in [0.4, 0.5) is 0 Å². The van der Waals surface area contributed by atoms with Gasteiger partial charge in [-0.1, -0.05) is 24.3 Å². The van der Waals surface area contributed by atoms with Crippen LogP contribution >= 0.6 is 0 Å². The number of carbonyl (C=O) groups excluding carboxylic acids is 1. The highest BCUT2D eigenvalue weighted by atomic mass is 16.2. The van der Waals surface area contributed by atoms with Gasteiger partial charge in [0.15, 0.2) is 0 Å². The van der Waals surface area contributed by atoms with Gasteiger partial charge in [-0.15, -0.1) is 0 Å². The fourth-order valence-electron chi connectivity index (χ4n) is 1.96. The van der Waals surface area contributed by atoms with Crippen LogP contribution < -0.4 is 0 Å². The normalized spacial score (nSPS) is 9.85. The highest BCUT2D eigenvalue weighted by molar-refractivity contribution is 5.94. The minimum atomic E-state index is -0.118. The number of pyridine rings is 1. The molecule has 100 valence electrons. The molecule has 0 saturated carbocycles. The Bertz CT molecular complexity index is 673. The number of carbonyl (C=O) groups is 1. The third kappa shape index (κ3) is 3.01. The van der Waals surface area contributed by atoms with E-state index >= 15 is 0 Å². The summed E-state index contributed by atoms with van der Waals surface area (Å²) in [7, 11) is 1.75. The molecule has 1 aromatic heterocycles. The van der Waals surface area contributed by atoms with Crippen molar-refractivity contribution in [2.75, 3.05) is 7.05 Å². The zero-order chi connectivity index (χ0) is 14.5. The quantitative estimate of drug-likeness (QED) is 0.857. The van der Waals surface area contributed by atoms with Gasteiger partial charge in [-0.3, -0.25) is 4.79 Å². The molecule has 0 radical (unpaired) electrons. The topological polar surface area (TPSA) is 57.0 Å². The molecule has 2 rings (SSSR count). The van der Waals surface area contributed by atoms with Crippen molar-refractivity contribution in [1.82, 2.24) is 9.88 Å². The number of nitriles is 1. The van der Waals surface area contributed by atoms with Crippen LogP contribution in [-0.2, 0) is 6.54 Å². The van der Waals surface area contributed by atoms with Gasteiger partial charge < -0.3 is 4.90 Å². The van der Waals surface area contributed by atoms with Crippen molar-refractivity contribution in [3.05, 3.63) is 65.0 Å². The summed E-state index contributed by atoms with van der Waals surface area (Å²) in [5, 5.41) is 8.82. The molecule has 0 N–H and O–H groups in total. The maximum Gasteiger partial charge on any atom is 0.254 e. The first kappa shape index (κ1) is 13.8. The van der Waals surface area contributed by atoms with Crippen LogP contribution in [0.15, 0.2) is 42.6 Å². The maximum atomic E-state index is 12.3. The Morgan fingerprint density at radius 2 is 2.10 bits per heavy atom. The zero-order valence-electron chi connectivity index (χ0n) is 11.5. The smallest absolute Gasteiger partial charge is 0.254 e. The first-order valence-electron chi connectivity index (χ1n) is 6.28. The lowest BCUT2D eigenvalue weighted by molar-refractivity contribution is 0.0785. The van der Waals surface area contributed by atoms with E-state index in [0.29, 0.717) is 12.1 Å². The molecule has 4 nitrogen and oxygen atoms in total. The molecule has 1 heterocycles. The summed E-state index contributed by atoms with van der Waals surface area (Å²) in [6, 6.07) is 13.0. The first-order valence-corrected chi connectivity index (χ1v) is 6.28. The van der Waals surface area contributed by atoms with E-state index in [0.717, 1.165) is 11.1 Å². The standard InChI is InChI=1S/C16H15N3O/c1-12-5-3-4-6-14(12)11-19(2)16(20)13-7-8-18-15(9-13)10-17/h3-9H,11H2,1-2H3. The Balaban J connectivity index is 2.17. The summed E-state index contributed by atoms with van der Waals surface area (Å²) in [6.07, 6.45) is 1.48. The number of hydrogen-bond acceptors (Lipinski definition) is 3. The predicted molar refractivity (Wildman–Crippen MR) is 75.9 cm³/mol. The van der Waals surface area contributed by atoms with E-state index in [9.17, 15) is 4.79 Å². The molecule has 20 heavy (non-hydrogen) atoms. The maximum absolute atomic E-state index is 12.3. The largest absolute Gasteiger partial charge is 0.337 e. The fourth-order valence-corrected chi connectivity index (χ4v) is 1.96. The highest BCUT2D eigenvalue weighted by Crippen LogP contribution is 2.12. The van der Waals surface area contributed by atoms with Gasteiger partial charge in [0.1, 0.15) is 11.8 Å². The van der Waals surface area contributed by atoms with Gasteiger partial charge in [-0.25, -0.2) is 4.98 Å². The van der Waals surface area contributed by atoms with Crippen LogP contribution in [0.5, 0.6) is 0 Å². The van der Waals surface area contributed by atoms with E-state index in [1.807, 2.05) is 37.3 Å². The third-order valence-corrected chi connectivity index (χ3v) is 3.14. The molecule has 0 bridgehead atoms. The molecule has 0 spiro atoms. The first-order chi connectivity index (χ1) is 9.61. The Labute approximate surface area is 118 Å². The third-order valence-electron chi connectivity index (χ3n) is 3.14. The number of hydrogen-bond donors (Lipinski definition) is 0. The average molecular weight is 265 g/mol. The molecule has 0 aliphatic rings. The summed E-state index contributed by atoms with van der Waals surface area (Å²) in [6.45, 7) is 2.56. The molecule has 1 amide bonds. The fraction of sp³-hybridized carbons (Fsp3) is 0.188. The van der Waals surface area contributed by atoms with E-state index in [1.54, 1.807) is 18.0 Å². The summed E-state index contributed by atoms with van der Waals surface area (Å²) < 4.78 is 0. The number of aromatic nitrogens is 1. The van der Waals surface area contributed by atoms with Gasteiger partial charge in [0, 0.05) is 25.4 Å². The lowest BCUT2D eigenvalue weighted by Gasteiger charge is -2.18. The minimum Gasteiger partial charge on any atom is -0.337 e. The second kappa shape index (κ2) is 5.98. The lowest BCUT2D eigenvalue weighted by atomic mass is 10.1. The Morgan fingerprint density at radius 1 is 1.35 bits per heavy atom. The summed E-state index contributed by atoms with van der Waals surface area (Å²) in [5.74, 6) is -0.118. The van der Waals surface area contributed by atoms with Crippen LogP contribution in [-0.4, -0.2) is 22.8 Å². The summed E-state index contributed by atoms with van der Waals surface area (Å²) >= 11 is 0. The van der Waals surface area contributed by atoms with E-state index < -0.39 is 0 Å². The Kier molecular flexibility index (Phi) is 4.11. The molecule has 0 fully saturated rings. The molecule has 4 heteroatoms. The van der Waals surface area contributed by atoms with Crippen LogP contribution in [0, 0.1) is 18.3 Å². The van der Waals surface area contributed by atoms with Crippen molar-refractivity contribution >= 4 is 5.91 Å². The number of nitrogens with zero attached hydrogens (tertiary/aromatic N) is 3. The van der Waals surface area contributed by atoms with Crippen molar-refractivity contribution in [3.63, 3.8) is 0 Å².